The van der Waals surface area contributed by atoms with Crippen LogP contribution in [0.2, 0.25) is 10.0 Å². The van der Waals surface area contributed by atoms with E-state index in [0.29, 0.717) is 5.02 Å². The average Bonchev–Trinajstić information content (AvgIpc) is 2.33. The number of benzene rings is 1. The molecule has 0 atom stereocenters. The molecular formula is C12H14Cl2N2O3. The molecule has 1 aromatic carbocycles. The van der Waals surface area contributed by atoms with Gasteiger partial charge in [-0.2, -0.15) is 0 Å². The number of anilines is 1. The van der Waals surface area contributed by atoms with E-state index in [1.165, 1.54) is 12.1 Å². The number of aliphatic hydroxyl groups is 1. The lowest BCUT2D eigenvalue weighted by Crippen LogP contribution is -2.50. The first-order valence-corrected chi connectivity index (χ1v) is 6.20. The lowest BCUT2D eigenvalue weighted by molar-refractivity contribution is -0.137. The number of rotatable bonds is 3. The van der Waals surface area contributed by atoms with E-state index in [1.807, 2.05) is 0 Å². The minimum Gasteiger partial charge on any atom is -0.394 e. The van der Waals surface area contributed by atoms with Crippen molar-refractivity contribution in [1.29, 1.82) is 0 Å². The SMILES string of the molecule is CC(C)(CO)NC(=O)C(=O)Nc1cc(Cl)ccc1Cl. The molecular weight excluding hydrogens is 291 g/mol. The Kier molecular flexibility index (Phi) is 5.17. The Bertz CT molecular complexity index is 504. The van der Waals surface area contributed by atoms with Crippen LogP contribution in [-0.4, -0.2) is 29.1 Å². The zero-order valence-electron chi connectivity index (χ0n) is 10.5. The second kappa shape index (κ2) is 6.23. The van der Waals surface area contributed by atoms with E-state index < -0.39 is 17.4 Å². The molecule has 0 bridgehead atoms. The van der Waals surface area contributed by atoms with Gasteiger partial charge in [0.15, 0.2) is 0 Å². The van der Waals surface area contributed by atoms with Crippen LogP contribution in [-0.2, 0) is 9.59 Å². The summed E-state index contributed by atoms with van der Waals surface area (Å²) < 4.78 is 0. The van der Waals surface area contributed by atoms with E-state index in [1.54, 1.807) is 19.9 Å². The summed E-state index contributed by atoms with van der Waals surface area (Å²) >= 11 is 11.6. The Hall–Kier alpha value is -1.30. The second-order valence-corrected chi connectivity index (χ2v) is 5.42. The summed E-state index contributed by atoms with van der Waals surface area (Å²) in [6, 6.07) is 4.51. The van der Waals surface area contributed by atoms with E-state index in [9.17, 15) is 9.59 Å². The van der Waals surface area contributed by atoms with Gasteiger partial charge in [-0.1, -0.05) is 23.2 Å². The molecule has 0 heterocycles. The Morgan fingerprint density at radius 3 is 2.47 bits per heavy atom. The molecule has 0 aliphatic rings. The number of carbonyl (C=O) groups is 2. The van der Waals surface area contributed by atoms with Crippen molar-refractivity contribution in [3.05, 3.63) is 28.2 Å². The van der Waals surface area contributed by atoms with Crippen LogP contribution in [0, 0.1) is 0 Å². The third-order valence-corrected chi connectivity index (χ3v) is 2.79. The van der Waals surface area contributed by atoms with Gasteiger partial charge in [-0.05, 0) is 32.0 Å². The van der Waals surface area contributed by atoms with E-state index in [2.05, 4.69) is 10.6 Å². The fraction of sp³-hybridized carbons (Fsp3) is 0.333. The number of nitrogens with one attached hydrogen (secondary N) is 2. The van der Waals surface area contributed by atoms with Gasteiger partial charge in [-0.25, -0.2) is 0 Å². The third kappa shape index (κ3) is 4.70. The molecule has 0 spiro atoms. The van der Waals surface area contributed by atoms with Crippen LogP contribution in [0.15, 0.2) is 18.2 Å². The highest BCUT2D eigenvalue weighted by molar-refractivity contribution is 6.42. The highest BCUT2D eigenvalue weighted by Crippen LogP contribution is 2.25. The molecule has 0 fully saturated rings. The van der Waals surface area contributed by atoms with Crippen molar-refractivity contribution in [1.82, 2.24) is 5.32 Å². The van der Waals surface area contributed by atoms with Gasteiger partial charge in [0.05, 0.1) is 22.9 Å². The monoisotopic (exact) mass is 304 g/mol. The van der Waals surface area contributed by atoms with Crippen molar-refractivity contribution in [2.75, 3.05) is 11.9 Å². The number of hydrogen-bond acceptors (Lipinski definition) is 3. The van der Waals surface area contributed by atoms with Crippen molar-refractivity contribution < 1.29 is 14.7 Å². The van der Waals surface area contributed by atoms with Crippen LogP contribution >= 0.6 is 23.2 Å². The number of aliphatic hydroxyl groups excluding tert-OH is 1. The van der Waals surface area contributed by atoms with E-state index >= 15 is 0 Å². The quantitative estimate of drug-likeness (QED) is 0.745. The highest BCUT2D eigenvalue weighted by Gasteiger charge is 2.24. The zero-order valence-corrected chi connectivity index (χ0v) is 12.0. The van der Waals surface area contributed by atoms with Crippen LogP contribution in [0.3, 0.4) is 0 Å². The molecule has 0 unspecified atom stereocenters. The van der Waals surface area contributed by atoms with E-state index in [4.69, 9.17) is 28.3 Å². The van der Waals surface area contributed by atoms with Gasteiger partial charge in [-0.3, -0.25) is 9.59 Å². The van der Waals surface area contributed by atoms with E-state index in [0.717, 1.165) is 0 Å². The minimum atomic E-state index is -0.884. The average molecular weight is 305 g/mol. The minimum absolute atomic E-state index is 0.246. The Morgan fingerprint density at radius 1 is 1.26 bits per heavy atom. The summed E-state index contributed by atoms with van der Waals surface area (Å²) in [5, 5.41) is 14.4. The van der Waals surface area contributed by atoms with Crippen LogP contribution in [0.5, 0.6) is 0 Å². The maximum absolute atomic E-state index is 11.7. The van der Waals surface area contributed by atoms with Crippen molar-refractivity contribution in [3.63, 3.8) is 0 Å². The van der Waals surface area contributed by atoms with Gasteiger partial charge in [0.1, 0.15) is 0 Å². The van der Waals surface area contributed by atoms with Crippen molar-refractivity contribution in [2.45, 2.75) is 19.4 Å². The summed E-state index contributed by atoms with van der Waals surface area (Å²) in [5.74, 6) is -1.75. The molecule has 0 aromatic heterocycles. The lowest BCUT2D eigenvalue weighted by atomic mass is 10.1. The molecule has 0 saturated heterocycles. The number of amides is 2. The molecule has 2 amide bonds. The number of halogens is 2. The van der Waals surface area contributed by atoms with Gasteiger partial charge >= 0.3 is 11.8 Å². The fourth-order valence-electron chi connectivity index (χ4n) is 1.18. The molecule has 0 saturated carbocycles. The molecule has 0 radical (unpaired) electrons. The van der Waals surface area contributed by atoms with Gasteiger partial charge in [-0.15, -0.1) is 0 Å². The van der Waals surface area contributed by atoms with Gasteiger partial charge < -0.3 is 15.7 Å². The van der Waals surface area contributed by atoms with E-state index in [-0.39, 0.29) is 17.3 Å². The zero-order chi connectivity index (χ0) is 14.6. The smallest absolute Gasteiger partial charge is 0.313 e. The molecule has 104 valence electrons. The first-order valence-electron chi connectivity index (χ1n) is 5.44. The Balaban J connectivity index is 2.74. The summed E-state index contributed by atoms with van der Waals surface area (Å²) in [6.07, 6.45) is 0. The normalized spacial score (nSPS) is 11.0. The predicted octanol–water partition coefficient (Wildman–Crippen LogP) is 1.82. The molecule has 19 heavy (non-hydrogen) atoms. The predicted molar refractivity (Wildman–Crippen MR) is 74.4 cm³/mol. The highest BCUT2D eigenvalue weighted by atomic mass is 35.5. The third-order valence-electron chi connectivity index (χ3n) is 2.23. The fourth-order valence-corrected chi connectivity index (χ4v) is 1.51. The summed E-state index contributed by atoms with van der Waals surface area (Å²) in [5.41, 5.74) is -0.636. The molecule has 7 heteroatoms. The van der Waals surface area contributed by atoms with Gasteiger partial charge in [0.25, 0.3) is 0 Å². The lowest BCUT2D eigenvalue weighted by Gasteiger charge is -2.22. The molecule has 3 N–H and O–H groups in total. The Morgan fingerprint density at radius 2 is 1.89 bits per heavy atom. The van der Waals surface area contributed by atoms with Crippen LogP contribution in [0.1, 0.15) is 13.8 Å². The maximum Gasteiger partial charge on any atom is 0.313 e. The maximum atomic E-state index is 11.7. The molecule has 1 aromatic rings. The molecule has 5 nitrogen and oxygen atoms in total. The summed E-state index contributed by atoms with van der Waals surface area (Å²) in [4.78, 5) is 23.3. The van der Waals surface area contributed by atoms with Crippen molar-refractivity contribution in [3.8, 4) is 0 Å². The Labute approximate surface area is 120 Å². The van der Waals surface area contributed by atoms with Crippen LogP contribution < -0.4 is 10.6 Å². The first kappa shape index (κ1) is 15.8. The molecule has 0 aliphatic carbocycles. The van der Waals surface area contributed by atoms with Gasteiger partial charge in [0, 0.05) is 5.02 Å². The largest absolute Gasteiger partial charge is 0.394 e. The van der Waals surface area contributed by atoms with Crippen molar-refractivity contribution in [2.24, 2.45) is 0 Å². The molecule has 1 rings (SSSR count). The van der Waals surface area contributed by atoms with Crippen molar-refractivity contribution >= 4 is 40.7 Å². The number of hydrogen-bond donors (Lipinski definition) is 3. The van der Waals surface area contributed by atoms with Gasteiger partial charge in [0.2, 0.25) is 0 Å². The summed E-state index contributed by atoms with van der Waals surface area (Å²) in [7, 11) is 0. The number of carbonyl (C=O) groups excluding carboxylic acids is 2. The van der Waals surface area contributed by atoms with Crippen LogP contribution in [0.4, 0.5) is 5.69 Å². The standard InChI is InChI=1S/C12H14Cl2N2O3/c1-12(2,6-17)16-11(19)10(18)15-9-5-7(13)3-4-8(9)14/h3-5,17H,6H2,1-2H3,(H,15,18)(H,16,19). The first-order chi connectivity index (χ1) is 8.75. The summed E-state index contributed by atoms with van der Waals surface area (Å²) in [6.45, 7) is 2.89. The molecule has 0 aliphatic heterocycles. The second-order valence-electron chi connectivity index (χ2n) is 4.57. The topological polar surface area (TPSA) is 78.4 Å². The van der Waals surface area contributed by atoms with Crippen LogP contribution in [0.25, 0.3) is 0 Å².